The van der Waals surface area contributed by atoms with E-state index in [-0.39, 0.29) is 16.5 Å². The van der Waals surface area contributed by atoms with Crippen LogP contribution in [0.3, 0.4) is 0 Å². The highest BCUT2D eigenvalue weighted by atomic mass is 16.6. The summed E-state index contributed by atoms with van der Waals surface area (Å²) in [6.45, 7) is 6.38. The van der Waals surface area contributed by atoms with Crippen molar-refractivity contribution >= 4 is 28.7 Å². The van der Waals surface area contributed by atoms with Crippen LogP contribution in [-0.4, -0.2) is 62.1 Å². The standard InChI is InChI=1S/C21H27N5O4/c1-16(27)23-17-7-8-20(21(15-17)30-2)25-13-11-24(12-14-25)10-9-22-18-5-3-4-6-19(18)26(28)29/h3-8,15,22H,9-14H2,1-2H3,(H,23,27). The molecule has 0 radical (unpaired) electrons. The summed E-state index contributed by atoms with van der Waals surface area (Å²) in [4.78, 5) is 26.6. The number of ether oxygens (including phenoxy) is 1. The summed E-state index contributed by atoms with van der Waals surface area (Å²) in [6.07, 6.45) is 0. The first-order chi connectivity index (χ1) is 14.5. The van der Waals surface area contributed by atoms with E-state index in [0.29, 0.717) is 17.9 Å². The van der Waals surface area contributed by atoms with E-state index in [1.807, 2.05) is 18.2 Å². The second-order valence-corrected chi connectivity index (χ2v) is 7.10. The van der Waals surface area contributed by atoms with Crippen LogP contribution in [-0.2, 0) is 4.79 Å². The van der Waals surface area contributed by atoms with Gasteiger partial charge in [-0.2, -0.15) is 0 Å². The van der Waals surface area contributed by atoms with E-state index in [1.165, 1.54) is 13.0 Å². The summed E-state index contributed by atoms with van der Waals surface area (Å²) in [6, 6.07) is 12.4. The third-order valence-electron chi connectivity index (χ3n) is 5.06. The van der Waals surface area contributed by atoms with Crippen LogP contribution >= 0.6 is 0 Å². The first kappa shape index (κ1) is 21.4. The molecule has 0 aromatic heterocycles. The number of benzene rings is 2. The number of carbonyl (C=O) groups excluding carboxylic acids is 1. The summed E-state index contributed by atoms with van der Waals surface area (Å²) < 4.78 is 5.52. The zero-order valence-corrected chi connectivity index (χ0v) is 17.3. The third kappa shape index (κ3) is 5.38. The highest BCUT2D eigenvalue weighted by molar-refractivity contribution is 5.89. The fourth-order valence-corrected chi connectivity index (χ4v) is 3.56. The number of methoxy groups -OCH3 is 1. The van der Waals surface area contributed by atoms with Crippen LogP contribution in [0.15, 0.2) is 42.5 Å². The Morgan fingerprint density at radius 1 is 1.17 bits per heavy atom. The molecule has 2 aromatic rings. The number of piperazine rings is 1. The molecule has 0 bridgehead atoms. The summed E-state index contributed by atoms with van der Waals surface area (Å²) in [5.41, 5.74) is 2.36. The molecule has 1 fully saturated rings. The van der Waals surface area contributed by atoms with Gasteiger partial charge in [-0.25, -0.2) is 0 Å². The Morgan fingerprint density at radius 2 is 1.90 bits per heavy atom. The number of para-hydroxylation sites is 2. The predicted octanol–water partition coefficient (Wildman–Crippen LogP) is 2.80. The number of carbonyl (C=O) groups is 1. The van der Waals surface area contributed by atoms with E-state index in [4.69, 9.17) is 4.74 Å². The molecule has 9 heteroatoms. The second-order valence-electron chi connectivity index (χ2n) is 7.10. The number of nitrogens with one attached hydrogen (secondary N) is 2. The molecule has 2 aromatic carbocycles. The number of nitro groups is 1. The molecule has 3 rings (SSSR count). The van der Waals surface area contributed by atoms with Crippen LogP contribution in [0.25, 0.3) is 0 Å². The first-order valence-electron chi connectivity index (χ1n) is 9.88. The molecule has 0 saturated carbocycles. The summed E-state index contributed by atoms with van der Waals surface area (Å²) >= 11 is 0. The Labute approximate surface area is 175 Å². The Hall–Kier alpha value is -3.33. The molecular formula is C21H27N5O4. The molecule has 0 unspecified atom stereocenters. The van der Waals surface area contributed by atoms with Crippen molar-refractivity contribution < 1.29 is 14.5 Å². The second kappa shape index (κ2) is 9.93. The number of hydrogen-bond acceptors (Lipinski definition) is 7. The molecule has 2 N–H and O–H groups in total. The molecule has 1 aliphatic rings. The van der Waals surface area contributed by atoms with Crippen LogP contribution in [0.5, 0.6) is 5.75 Å². The number of hydrogen-bond donors (Lipinski definition) is 2. The van der Waals surface area contributed by atoms with Gasteiger partial charge in [0, 0.05) is 64.0 Å². The van der Waals surface area contributed by atoms with Crippen molar-refractivity contribution in [3.05, 3.63) is 52.6 Å². The fraction of sp³-hybridized carbons (Fsp3) is 0.381. The predicted molar refractivity (Wildman–Crippen MR) is 118 cm³/mol. The lowest BCUT2D eigenvalue weighted by atomic mass is 10.2. The maximum Gasteiger partial charge on any atom is 0.292 e. The van der Waals surface area contributed by atoms with Crippen molar-refractivity contribution in [1.82, 2.24) is 4.90 Å². The van der Waals surface area contributed by atoms with Gasteiger partial charge in [-0.05, 0) is 18.2 Å². The van der Waals surface area contributed by atoms with E-state index in [1.54, 1.807) is 25.3 Å². The Morgan fingerprint density at radius 3 is 2.57 bits per heavy atom. The molecule has 1 saturated heterocycles. The molecule has 1 heterocycles. The van der Waals surface area contributed by atoms with Crippen molar-refractivity contribution in [2.24, 2.45) is 0 Å². The van der Waals surface area contributed by atoms with Crippen molar-refractivity contribution in [2.45, 2.75) is 6.92 Å². The SMILES string of the molecule is COc1cc(NC(C)=O)ccc1N1CCN(CCNc2ccccc2[N+](=O)[O-])CC1. The van der Waals surface area contributed by atoms with Crippen molar-refractivity contribution in [3.8, 4) is 5.75 Å². The van der Waals surface area contributed by atoms with Crippen molar-refractivity contribution in [2.75, 3.05) is 61.9 Å². The molecule has 1 aliphatic heterocycles. The van der Waals surface area contributed by atoms with Gasteiger partial charge in [0.25, 0.3) is 5.69 Å². The van der Waals surface area contributed by atoms with Crippen LogP contribution in [0.1, 0.15) is 6.92 Å². The quantitative estimate of drug-likeness (QED) is 0.507. The highest BCUT2D eigenvalue weighted by Crippen LogP contribution is 2.32. The van der Waals surface area contributed by atoms with E-state index in [0.717, 1.165) is 44.2 Å². The number of rotatable bonds is 8. The normalized spacial score (nSPS) is 14.3. The minimum atomic E-state index is -0.369. The Kier molecular flexibility index (Phi) is 7.08. The van der Waals surface area contributed by atoms with Crippen LogP contribution < -0.4 is 20.3 Å². The largest absolute Gasteiger partial charge is 0.495 e. The van der Waals surface area contributed by atoms with Gasteiger partial charge >= 0.3 is 0 Å². The zero-order chi connectivity index (χ0) is 21.5. The summed E-state index contributed by atoms with van der Waals surface area (Å²) in [5.74, 6) is 0.612. The monoisotopic (exact) mass is 413 g/mol. The molecule has 0 spiro atoms. The van der Waals surface area contributed by atoms with Gasteiger partial charge in [-0.3, -0.25) is 19.8 Å². The topological polar surface area (TPSA) is 100.0 Å². The molecule has 1 amide bonds. The lowest BCUT2D eigenvalue weighted by Gasteiger charge is -2.36. The molecule has 160 valence electrons. The Balaban J connectivity index is 1.52. The average Bonchev–Trinajstić information content (AvgIpc) is 2.74. The first-order valence-corrected chi connectivity index (χ1v) is 9.88. The lowest BCUT2D eigenvalue weighted by molar-refractivity contribution is -0.384. The van der Waals surface area contributed by atoms with E-state index in [2.05, 4.69) is 20.4 Å². The van der Waals surface area contributed by atoms with Crippen molar-refractivity contribution in [1.29, 1.82) is 0 Å². The van der Waals surface area contributed by atoms with Gasteiger partial charge in [0.2, 0.25) is 5.91 Å². The summed E-state index contributed by atoms with van der Waals surface area (Å²) in [5, 5.41) is 17.0. The number of nitro benzene ring substituents is 1. The van der Waals surface area contributed by atoms with Gasteiger partial charge < -0.3 is 20.3 Å². The number of nitrogens with zero attached hydrogens (tertiary/aromatic N) is 3. The van der Waals surface area contributed by atoms with Gasteiger partial charge in [0.05, 0.1) is 17.7 Å². The molecule has 0 aliphatic carbocycles. The van der Waals surface area contributed by atoms with Gasteiger partial charge in [-0.15, -0.1) is 0 Å². The minimum Gasteiger partial charge on any atom is -0.495 e. The highest BCUT2D eigenvalue weighted by Gasteiger charge is 2.20. The molecule has 30 heavy (non-hydrogen) atoms. The molecular weight excluding hydrogens is 386 g/mol. The lowest BCUT2D eigenvalue weighted by Crippen LogP contribution is -2.47. The van der Waals surface area contributed by atoms with Crippen LogP contribution in [0, 0.1) is 10.1 Å². The number of anilines is 3. The van der Waals surface area contributed by atoms with Gasteiger partial charge in [-0.1, -0.05) is 12.1 Å². The number of amides is 1. The Bertz CT molecular complexity index is 897. The molecule has 9 nitrogen and oxygen atoms in total. The van der Waals surface area contributed by atoms with Crippen LogP contribution in [0.4, 0.5) is 22.7 Å². The zero-order valence-electron chi connectivity index (χ0n) is 17.3. The summed E-state index contributed by atoms with van der Waals surface area (Å²) in [7, 11) is 1.63. The van der Waals surface area contributed by atoms with E-state index >= 15 is 0 Å². The van der Waals surface area contributed by atoms with Gasteiger partial charge in [0.15, 0.2) is 0 Å². The van der Waals surface area contributed by atoms with Crippen LogP contribution in [0.2, 0.25) is 0 Å². The minimum absolute atomic E-state index is 0.0946. The maximum atomic E-state index is 11.3. The van der Waals surface area contributed by atoms with E-state index in [9.17, 15) is 14.9 Å². The maximum absolute atomic E-state index is 11.3. The van der Waals surface area contributed by atoms with E-state index < -0.39 is 0 Å². The van der Waals surface area contributed by atoms with Crippen molar-refractivity contribution in [3.63, 3.8) is 0 Å². The van der Waals surface area contributed by atoms with Gasteiger partial charge in [0.1, 0.15) is 11.4 Å². The fourth-order valence-electron chi connectivity index (χ4n) is 3.56. The smallest absolute Gasteiger partial charge is 0.292 e. The average molecular weight is 413 g/mol. The third-order valence-corrected chi connectivity index (χ3v) is 5.06. The molecule has 0 atom stereocenters.